The third-order valence-electron chi connectivity index (χ3n) is 5.86. The maximum absolute atomic E-state index is 13.4. The van der Waals surface area contributed by atoms with Crippen molar-refractivity contribution in [2.24, 2.45) is 0 Å². The first-order valence-corrected chi connectivity index (χ1v) is 11.5. The van der Waals surface area contributed by atoms with Gasteiger partial charge in [-0.2, -0.15) is 0 Å². The molecule has 0 aliphatic heterocycles. The van der Waals surface area contributed by atoms with Gasteiger partial charge in [-0.3, -0.25) is 0 Å². The van der Waals surface area contributed by atoms with Gasteiger partial charge in [0.25, 0.3) is 0 Å². The molecule has 1 N–H and O–H groups in total. The Hall–Kier alpha value is -2.29. The van der Waals surface area contributed by atoms with Gasteiger partial charge in [-0.05, 0) is 44.9 Å². The first-order valence-electron chi connectivity index (χ1n) is 11.5. The van der Waals surface area contributed by atoms with Crippen molar-refractivity contribution in [1.29, 1.82) is 0 Å². The number of hydrogen-bond acceptors (Lipinski definition) is 3. The molecule has 0 atom stereocenters. The second-order valence-corrected chi connectivity index (χ2v) is 13.0. The van der Waals surface area contributed by atoms with Crippen molar-refractivity contribution >= 4 is 5.97 Å². The molecule has 3 nitrogen and oxygen atoms in total. The number of ether oxygens (including phenoxy) is 1. The fourth-order valence-corrected chi connectivity index (χ4v) is 3.62. The maximum atomic E-state index is 13.4. The molecule has 0 saturated heterocycles. The molecular formula is C29H42O3. The number of carbonyl (C=O) groups is 1. The van der Waals surface area contributed by atoms with Crippen molar-refractivity contribution < 1.29 is 14.6 Å². The molecule has 0 aliphatic rings. The van der Waals surface area contributed by atoms with E-state index in [1.165, 1.54) is 5.56 Å². The summed E-state index contributed by atoms with van der Waals surface area (Å²) < 4.78 is 5.94. The summed E-state index contributed by atoms with van der Waals surface area (Å²) in [5.41, 5.74) is 3.41. The highest BCUT2D eigenvalue weighted by Gasteiger charge is 2.29. The number of benzene rings is 2. The molecule has 0 heterocycles. The molecule has 0 fully saturated rings. The van der Waals surface area contributed by atoms with Crippen LogP contribution in [-0.2, 0) is 21.7 Å². The molecule has 0 aliphatic carbocycles. The van der Waals surface area contributed by atoms with Crippen LogP contribution >= 0.6 is 0 Å². The van der Waals surface area contributed by atoms with Gasteiger partial charge >= 0.3 is 5.97 Å². The highest BCUT2D eigenvalue weighted by molar-refractivity contribution is 5.95. The Morgan fingerprint density at radius 2 is 1.12 bits per heavy atom. The fourth-order valence-electron chi connectivity index (χ4n) is 3.62. The minimum atomic E-state index is -0.534. The Kier molecular flexibility index (Phi) is 6.69. The summed E-state index contributed by atoms with van der Waals surface area (Å²) in [4.78, 5) is 13.4. The van der Waals surface area contributed by atoms with Gasteiger partial charge in [-0.1, -0.05) is 101 Å². The molecule has 2 aromatic rings. The third-order valence-corrected chi connectivity index (χ3v) is 5.86. The largest absolute Gasteiger partial charge is 0.507 e. The summed E-state index contributed by atoms with van der Waals surface area (Å²) in [5, 5.41) is 11.0. The third kappa shape index (κ3) is 5.74. The quantitative estimate of drug-likeness (QED) is 0.384. The van der Waals surface area contributed by atoms with Crippen LogP contribution < -0.4 is 4.74 Å². The zero-order valence-electron chi connectivity index (χ0n) is 22.2. The van der Waals surface area contributed by atoms with Crippen LogP contribution in [0.3, 0.4) is 0 Å². The van der Waals surface area contributed by atoms with E-state index in [1.54, 1.807) is 6.07 Å². The number of esters is 1. The molecule has 0 unspecified atom stereocenters. The molecular weight excluding hydrogens is 396 g/mol. The Bertz CT molecular complexity index is 1000. The van der Waals surface area contributed by atoms with E-state index in [4.69, 9.17) is 4.74 Å². The highest BCUT2D eigenvalue weighted by Crippen LogP contribution is 2.39. The summed E-state index contributed by atoms with van der Waals surface area (Å²) in [6.07, 6.45) is 0. The standard InChI is InChI=1S/C29H42O3/c1-26(2,3)18-13-14-23(21(16-18)28(7,8)9)32-25(31)20-15-19(27(4,5)6)17-22(24(20)30)29(10,11)12/h13-17,30H,1-12H3. The van der Waals surface area contributed by atoms with Crippen LogP contribution in [0.2, 0.25) is 0 Å². The van der Waals surface area contributed by atoms with Crippen LogP contribution in [0, 0.1) is 0 Å². The highest BCUT2D eigenvalue weighted by atomic mass is 16.5. The molecule has 0 saturated carbocycles. The van der Waals surface area contributed by atoms with E-state index in [9.17, 15) is 9.90 Å². The average molecular weight is 439 g/mol. The zero-order valence-corrected chi connectivity index (χ0v) is 22.2. The minimum Gasteiger partial charge on any atom is -0.507 e. The molecule has 2 aromatic carbocycles. The summed E-state index contributed by atoms with van der Waals surface area (Å²) in [6.45, 7) is 25.3. The van der Waals surface area contributed by atoms with E-state index < -0.39 is 5.97 Å². The second kappa shape index (κ2) is 8.24. The summed E-state index contributed by atoms with van der Waals surface area (Å²) in [7, 11) is 0. The number of carbonyl (C=O) groups excluding carboxylic acids is 1. The fraction of sp³-hybridized carbons (Fsp3) is 0.552. The first-order chi connectivity index (χ1) is 14.2. The lowest BCUT2D eigenvalue weighted by Gasteiger charge is -2.28. The van der Waals surface area contributed by atoms with E-state index in [2.05, 4.69) is 68.4 Å². The number of hydrogen-bond donors (Lipinski definition) is 1. The van der Waals surface area contributed by atoms with E-state index >= 15 is 0 Å². The second-order valence-electron chi connectivity index (χ2n) is 13.0. The predicted molar refractivity (Wildman–Crippen MR) is 134 cm³/mol. The molecule has 32 heavy (non-hydrogen) atoms. The van der Waals surface area contributed by atoms with Crippen molar-refractivity contribution in [3.8, 4) is 11.5 Å². The molecule has 0 bridgehead atoms. The summed E-state index contributed by atoms with van der Waals surface area (Å²) in [6, 6.07) is 9.81. The van der Waals surface area contributed by atoms with Crippen molar-refractivity contribution in [2.75, 3.05) is 0 Å². The molecule has 0 amide bonds. The molecule has 176 valence electrons. The SMILES string of the molecule is CC(C)(C)c1ccc(OC(=O)c2cc(C(C)(C)C)cc(C(C)(C)C)c2O)c(C(C)(C)C)c1. The molecule has 0 spiro atoms. The number of phenols is 1. The van der Waals surface area contributed by atoms with Gasteiger partial charge in [0.15, 0.2) is 0 Å². The zero-order chi connectivity index (χ0) is 24.9. The van der Waals surface area contributed by atoms with Crippen LogP contribution in [-0.4, -0.2) is 11.1 Å². The van der Waals surface area contributed by atoms with E-state index in [0.717, 1.165) is 16.7 Å². The first kappa shape index (κ1) is 26.0. The maximum Gasteiger partial charge on any atom is 0.347 e. The van der Waals surface area contributed by atoms with E-state index in [-0.39, 0.29) is 33.0 Å². The van der Waals surface area contributed by atoms with Gasteiger partial charge < -0.3 is 9.84 Å². The van der Waals surface area contributed by atoms with Gasteiger partial charge in [0.05, 0.1) is 0 Å². The lowest BCUT2D eigenvalue weighted by atomic mass is 9.79. The molecule has 2 rings (SSSR count). The lowest BCUT2D eigenvalue weighted by molar-refractivity contribution is 0.0728. The smallest absolute Gasteiger partial charge is 0.347 e. The van der Waals surface area contributed by atoms with Crippen LogP contribution in [0.25, 0.3) is 0 Å². The normalized spacial score (nSPS) is 13.2. The Balaban J connectivity index is 2.63. The van der Waals surface area contributed by atoms with Crippen molar-refractivity contribution in [3.05, 3.63) is 58.1 Å². The molecule has 0 radical (unpaired) electrons. The Morgan fingerprint density at radius 3 is 1.56 bits per heavy atom. The lowest BCUT2D eigenvalue weighted by Crippen LogP contribution is -2.21. The van der Waals surface area contributed by atoms with Crippen LogP contribution in [0.4, 0.5) is 0 Å². The van der Waals surface area contributed by atoms with Gasteiger partial charge in [0.2, 0.25) is 0 Å². The van der Waals surface area contributed by atoms with E-state index in [1.807, 2.05) is 39.0 Å². The monoisotopic (exact) mass is 438 g/mol. The topological polar surface area (TPSA) is 46.5 Å². The summed E-state index contributed by atoms with van der Waals surface area (Å²) in [5.74, 6) is 0.000555. The van der Waals surface area contributed by atoms with E-state index in [0.29, 0.717) is 5.75 Å². The minimum absolute atomic E-state index is 0.000814. The van der Waals surface area contributed by atoms with Crippen LogP contribution in [0.15, 0.2) is 30.3 Å². The van der Waals surface area contributed by atoms with Crippen LogP contribution in [0.1, 0.15) is 116 Å². The summed E-state index contributed by atoms with van der Waals surface area (Å²) >= 11 is 0. The van der Waals surface area contributed by atoms with Crippen molar-refractivity contribution in [2.45, 2.75) is 105 Å². The number of rotatable bonds is 2. The number of phenolic OH excluding ortho intramolecular Hbond substituents is 1. The van der Waals surface area contributed by atoms with Gasteiger partial charge in [-0.15, -0.1) is 0 Å². The van der Waals surface area contributed by atoms with Gasteiger partial charge in [-0.25, -0.2) is 4.79 Å². The molecule has 3 heteroatoms. The average Bonchev–Trinajstić information content (AvgIpc) is 2.58. The predicted octanol–water partition coefficient (Wildman–Crippen LogP) is 7.80. The number of aromatic hydroxyl groups is 1. The van der Waals surface area contributed by atoms with Gasteiger partial charge in [0, 0.05) is 11.1 Å². The van der Waals surface area contributed by atoms with Crippen molar-refractivity contribution in [1.82, 2.24) is 0 Å². The van der Waals surface area contributed by atoms with Gasteiger partial charge in [0.1, 0.15) is 17.1 Å². The molecule has 0 aromatic heterocycles. The Morgan fingerprint density at radius 1 is 0.656 bits per heavy atom. The Labute approximate surface area is 195 Å². The van der Waals surface area contributed by atoms with Crippen LogP contribution in [0.5, 0.6) is 11.5 Å². The van der Waals surface area contributed by atoms with Crippen molar-refractivity contribution in [3.63, 3.8) is 0 Å².